The Kier molecular flexibility index (Phi) is 3.35. The van der Waals surface area contributed by atoms with Crippen molar-refractivity contribution in [3.63, 3.8) is 0 Å². The molecule has 6 nitrogen and oxygen atoms in total. The molecule has 0 aromatic heterocycles. The quantitative estimate of drug-likeness (QED) is 0.588. The zero-order valence-corrected chi connectivity index (χ0v) is 8.10. The molecule has 2 N–H and O–H groups in total. The number of nitro benzene ring substituents is 1. The third kappa shape index (κ3) is 2.50. The van der Waals surface area contributed by atoms with E-state index >= 15 is 0 Å². The van der Waals surface area contributed by atoms with Crippen molar-refractivity contribution in [1.29, 1.82) is 0 Å². The van der Waals surface area contributed by atoms with Crippen molar-refractivity contribution < 1.29 is 14.5 Å². The molecule has 1 rings (SSSR count). The number of methoxy groups -OCH3 is 1. The van der Waals surface area contributed by atoms with Crippen molar-refractivity contribution in [2.75, 3.05) is 7.11 Å². The number of ether oxygens (including phenoxy) is 1. The molecular weight excluding hydrogens is 200 g/mol. The van der Waals surface area contributed by atoms with Gasteiger partial charge in [-0.25, -0.2) is 0 Å². The first-order valence-electron chi connectivity index (χ1n) is 4.12. The molecule has 1 aromatic carbocycles. The Balaban J connectivity index is 3.20. The lowest BCUT2D eigenvalue weighted by Gasteiger charge is -2.02. The van der Waals surface area contributed by atoms with Crippen LogP contribution in [0.3, 0.4) is 0 Å². The Hall–Kier alpha value is -1.95. The third-order valence-electron chi connectivity index (χ3n) is 1.87. The number of hydrogen-bond donors (Lipinski definition) is 1. The highest BCUT2D eigenvalue weighted by Gasteiger charge is 2.15. The van der Waals surface area contributed by atoms with Crippen LogP contribution in [0.5, 0.6) is 0 Å². The van der Waals surface area contributed by atoms with Crippen LogP contribution < -0.4 is 5.73 Å². The first kappa shape index (κ1) is 11.1. The lowest BCUT2D eigenvalue weighted by molar-refractivity contribution is -0.385. The lowest BCUT2D eigenvalue weighted by Crippen LogP contribution is -2.11. The van der Waals surface area contributed by atoms with E-state index in [0.29, 0.717) is 5.56 Å². The van der Waals surface area contributed by atoms with Gasteiger partial charge >= 0.3 is 0 Å². The molecule has 6 heteroatoms. The van der Waals surface area contributed by atoms with Gasteiger partial charge in [0.05, 0.1) is 17.1 Å². The molecule has 0 saturated carbocycles. The first-order valence-corrected chi connectivity index (χ1v) is 4.12. The minimum absolute atomic E-state index is 0.113. The second kappa shape index (κ2) is 4.52. The summed E-state index contributed by atoms with van der Waals surface area (Å²) in [7, 11) is 1.44. The highest BCUT2D eigenvalue weighted by Crippen LogP contribution is 2.20. The van der Waals surface area contributed by atoms with E-state index in [1.54, 1.807) is 0 Å². The van der Waals surface area contributed by atoms with E-state index in [0.717, 1.165) is 6.07 Å². The predicted molar refractivity (Wildman–Crippen MR) is 52.3 cm³/mol. The number of nitrogens with zero attached hydrogens (tertiary/aromatic N) is 1. The Labute approximate surface area is 85.8 Å². The molecule has 80 valence electrons. The molecule has 15 heavy (non-hydrogen) atoms. The van der Waals surface area contributed by atoms with Gasteiger partial charge in [0, 0.05) is 18.7 Å². The molecule has 0 atom stereocenters. The van der Waals surface area contributed by atoms with Crippen molar-refractivity contribution in [2.24, 2.45) is 5.73 Å². The van der Waals surface area contributed by atoms with Crippen LogP contribution in [0.15, 0.2) is 18.2 Å². The summed E-state index contributed by atoms with van der Waals surface area (Å²) >= 11 is 0. The van der Waals surface area contributed by atoms with Crippen LogP contribution in [0.1, 0.15) is 15.9 Å². The molecule has 0 fully saturated rings. The van der Waals surface area contributed by atoms with E-state index in [9.17, 15) is 14.9 Å². The van der Waals surface area contributed by atoms with E-state index in [1.165, 1.54) is 19.2 Å². The van der Waals surface area contributed by atoms with Crippen molar-refractivity contribution in [3.05, 3.63) is 39.4 Å². The molecular formula is C9H10N2O4. The molecule has 0 aliphatic rings. The van der Waals surface area contributed by atoms with Crippen molar-refractivity contribution in [1.82, 2.24) is 0 Å². The second-order valence-electron chi connectivity index (χ2n) is 2.90. The van der Waals surface area contributed by atoms with Gasteiger partial charge in [0.25, 0.3) is 5.69 Å². The highest BCUT2D eigenvalue weighted by molar-refractivity contribution is 5.93. The highest BCUT2D eigenvalue weighted by atomic mass is 16.6. The number of benzene rings is 1. The van der Waals surface area contributed by atoms with Gasteiger partial charge in [0.15, 0.2) is 0 Å². The van der Waals surface area contributed by atoms with Crippen LogP contribution in [0.2, 0.25) is 0 Å². The SMILES string of the molecule is COCc1ccc(C(N)=O)cc1[N+](=O)[O-]. The van der Waals surface area contributed by atoms with E-state index in [1.807, 2.05) is 0 Å². The Morgan fingerprint density at radius 1 is 1.60 bits per heavy atom. The summed E-state index contributed by atoms with van der Waals surface area (Å²) in [5.41, 5.74) is 5.38. The van der Waals surface area contributed by atoms with Gasteiger partial charge < -0.3 is 10.5 Å². The lowest BCUT2D eigenvalue weighted by atomic mass is 10.1. The molecule has 1 aromatic rings. The number of carbonyl (C=O) groups is 1. The average molecular weight is 210 g/mol. The summed E-state index contributed by atoms with van der Waals surface area (Å²) in [6, 6.07) is 4.04. The summed E-state index contributed by atoms with van der Waals surface area (Å²) in [6.07, 6.45) is 0. The number of nitrogens with two attached hydrogens (primary N) is 1. The number of primary amides is 1. The van der Waals surface area contributed by atoms with E-state index in [-0.39, 0.29) is 17.9 Å². The van der Waals surface area contributed by atoms with Crippen LogP contribution in [-0.2, 0) is 11.3 Å². The van der Waals surface area contributed by atoms with Gasteiger partial charge in [-0.1, -0.05) is 0 Å². The number of nitro groups is 1. The number of carbonyl (C=O) groups excluding carboxylic acids is 1. The molecule has 1 amide bonds. The average Bonchev–Trinajstić information content (AvgIpc) is 2.18. The molecule has 0 heterocycles. The molecule has 0 bridgehead atoms. The molecule has 0 aliphatic carbocycles. The van der Waals surface area contributed by atoms with E-state index in [2.05, 4.69) is 0 Å². The van der Waals surface area contributed by atoms with Gasteiger partial charge in [-0.15, -0.1) is 0 Å². The van der Waals surface area contributed by atoms with Crippen molar-refractivity contribution >= 4 is 11.6 Å². The summed E-state index contributed by atoms with van der Waals surface area (Å²) in [4.78, 5) is 20.9. The van der Waals surface area contributed by atoms with Crippen LogP contribution in [0, 0.1) is 10.1 Å². The molecule has 0 unspecified atom stereocenters. The Bertz CT molecular complexity index is 403. The minimum atomic E-state index is -0.693. The third-order valence-corrected chi connectivity index (χ3v) is 1.87. The molecule has 0 aliphatic heterocycles. The Morgan fingerprint density at radius 2 is 2.27 bits per heavy atom. The standard InChI is InChI=1S/C9H10N2O4/c1-15-5-7-3-2-6(9(10)12)4-8(7)11(13)14/h2-4H,5H2,1H3,(H2,10,12). The zero-order valence-electron chi connectivity index (χ0n) is 8.10. The normalized spacial score (nSPS) is 9.93. The van der Waals surface area contributed by atoms with Gasteiger partial charge in [-0.2, -0.15) is 0 Å². The monoisotopic (exact) mass is 210 g/mol. The van der Waals surface area contributed by atoms with Crippen LogP contribution in [0.4, 0.5) is 5.69 Å². The van der Waals surface area contributed by atoms with Gasteiger partial charge in [-0.05, 0) is 12.1 Å². The number of rotatable bonds is 4. The summed E-state index contributed by atoms with van der Waals surface area (Å²) < 4.78 is 4.80. The van der Waals surface area contributed by atoms with Gasteiger partial charge in [0.1, 0.15) is 0 Å². The minimum Gasteiger partial charge on any atom is -0.380 e. The zero-order chi connectivity index (χ0) is 11.4. The molecule has 0 radical (unpaired) electrons. The van der Waals surface area contributed by atoms with E-state index in [4.69, 9.17) is 10.5 Å². The summed E-state index contributed by atoms with van der Waals surface area (Å²) in [5.74, 6) is -0.693. The maximum Gasteiger partial charge on any atom is 0.275 e. The van der Waals surface area contributed by atoms with Gasteiger partial charge in [-0.3, -0.25) is 14.9 Å². The maximum absolute atomic E-state index is 10.8. The predicted octanol–water partition coefficient (Wildman–Crippen LogP) is 0.840. The first-order chi connectivity index (χ1) is 7.06. The van der Waals surface area contributed by atoms with Crippen molar-refractivity contribution in [3.8, 4) is 0 Å². The molecule has 0 spiro atoms. The van der Waals surface area contributed by atoms with Crippen LogP contribution in [0.25, 0.3) is 0 Å². The maximum atomic E-state index is 10.8. The molecule has 0 saturated heterocycles. The van der Waals surface area contributed by atoms with Gasteiger partial charge in [0.2, 0.25) is 5.91 Å². The smallest absolute Gasteiger partial charge is 0.275 e. The summed E-state index contributed by atoms with van der Waals surface area (Å²) in [6.45, 7) is 0.120. The fraction of sp³-hybridized carbons (Fsp3) is 0.222. The summed E-state index contributed by atoms with van der Waals surface area (Å²) in [5, 5.41) is 10.7. The van der Waals surface area contributed by atoms with Crippen molar-refractivity contribution in [2.45, 2.75) is 6.61 Å². The van der Waals surface area contributed by atoms with Crippen LogP contribution in [-0.4, -0.2) is 17.9 Å². The number of amides is 1. The largest absolute Gasteiger partial charge is 0.380 e. The fourth-order valence-electron chi connectivity index (χ4n) is 1.16. The fourth-order valence-corrected chi connectivity index (χ4v) is 1.16. The Morgan fingerprint density at radius 3 is 2.73 bits per heavy atom. The second-order valence-corrected chi connectivity index (χ2v) is 2.90. The van der Waals surface area contributed by atoms with E-state index < -0.39 is 10.8 Å². The topological polar surface area (TPSA) is 95.5 Å². The van der Waals surface area contributed by atoms with Crippen LogP contribution >= 0.6 is 0 Å². The number of hydrogen-bond acceptors (Lipinski definition) is 4.